The van der Waals surface area contributed by atoms with Gasteiger partial charge in [0.2, 0.25) is 0 Å². The van der Waals surface area contributed by atoms with Crippen molar-refractivity contribution in [1.82, 2.24) is 0 Å². The summed E-state index contributed by atoms with van der Waals surface area (Å²) in [5.74, 6) is 0. The predicted octanol–water partition coefficient (Wildman–Crippen LogP) is -0.310. The molecule has 0 amide bonds. The van der Waals surface area contributed by atoms with Crippen LogP contribution in [0.15, 0.2) is 0 Å². The van der Waals surface area contributed by atoms with Gasteiger partial charge in [0.15, 0.2) is 0 Å². The van der Waals surface area contributed by atoms with Crippen LogP contribution in [0.5, 0.6) is 0 Å². The number of aliphatic hydroxyl groups excluding tert-OH is 1. The molecular formula is CH6Ca2Cl2O. The summed E-state index contributed by atoms with van der Waals surface area (Å²) in [6, 6.07) is 0. The van der Waals surface area contributed by atoms with Crippen LogP contribution in [0.4, 0.5) is 0 Å². The maximum absolute atomic E-state index is 7.00. The molecular weight excluding hydrogens is 179 g/mol. The summed E-state index contributed by atoms with van der Waals surface area (Å²) in [6.45, 7) is 0. The van der Waals surface area contributed by atoms with Gasteiger partial charge in [-0.05, 0) is 0 Å². The summed E-state index contributed by atoms with van der Waals surface area (Å²) in [6.07, 6.45) is 9.90. The molecule has 1 N–H and O–H groups in total. The minimum atomic E-state index is -0.931. The summed E-state index contributed by atoms with van der Waals surface area (Å²) in [5.41, 5.74) is 0. The molecule has 0 radical (unpaired) electrons. The minimum absolute atomic E-state index is 0. The molecule has 0 spiro atoms. The van der Waals surface area contributed by atoms with Crippen LogP contribution in [0, 0.1) is 0 Å². The SMILES string of the molecule is CO.[CaH2].[Cl][Ca][Cl]. The molecule has 5 heteroatoms. The first kappa shape index (κ1) is 16.0. The second-order valence-corrected chi connectivity index (χ2v) is 3.75. The van der Waals surface area contributed by atoms with Crippen molar-refractivity contribution in [3.05, 3.63) is 0 Å². The Labute approximate surface area is 91.1 Å². The van der Waals surface area contributed by atoms with Crippen LogP contribution in [-0.4, -0.2) is 80.8 Å². The van der Waals surface area contributed by atoms with Gasteiger partial charge < -0.3 is 5.11 Å². The molecule has 0 aromatic rings. The van der Waals surface area contributed by atoms with Gasteiger partial charge in [-0.1, -0.05) is 0 Å². The van der Waals surface area contributed by atoms with E-state index in [0.717, 1.165) is 7.11 Å². The number of hydrogen-bond acceptors (Lipinski definition) is 1. The summed E-state index contributed by atoms with van der Waals surface area (Å²) in [4.78, 5) is 0. The van der Waals surface area contributed by atoms with Crippen LogP contribution < -0.4 is 0 Å². The van der Waals surface area contributed by atoms with Crippen LogP contribution in [-0.2, 0) is 0 Å². The first-order chi connectivity index (χ1) is 2.41. The van der Waals surface area contributed by atoms with E-state index in [-0.39, 0.29) is 37.7 Å². The first-order valence-electron chi connectivity index (χ1n) is 0.982. The van der Waals surface area contributed by atoms with Crippen molar-refractivity contribution >= 4 is 81.4 Å². The number of hydrogen-bond donors (Lipinski definition) is 1. The van der Waals surface area contributed by atoms with Gasteiger partial charge in [0, 0.05) is 7.11 Å². The summed E-state index contributed by atoms with van der Waals surface area (Å²) >= 11 is -0.931. The monoisotopic (exact) mass is 184 g/mol. The van der Waals surface area contributed by atoms with Crippen molar-refractivity contribution in [3.63, 3.8) is 0 Å². The standard InChI is InChI=1S/CH4O.2Ca.2ClH.2H/c1-2;;;;;;/h2H,1H3;;;2*1H;;/q;;+2;;;;/p-2. The Balaban J connectivity index is -0.0000000275. The van der Waals surface area contributed by atoms with E-state index >= 15 is 0 Å². The Morgan fingerprint density at radius 2 is 1.33 bits per heavy atom. The van der Waals surface area contributed by atoms with Crippen molar-refractivity contribution in [2.45, 2.75) is 0 Å². The molecule has 0 fully saturated rings. The van der Waals surface area contributed by atoms with E-state index in [1.54, 1.807) is 0 Å². The average molecular weight is 185 g/mol. The first-order valence-corrected chi connectivity index (χ1v) is 7.06. The fourth-order valence-electron chi connectivity index (χ4n) is 0. The van der Waals surface area contributed by atoms with Gasteiger partial charge in [0.05, 0.1) is 0 Å². The van der Waals surface area contributed by atoms with E-state index in [0.29, 0.717) is 0 Å². The summed E-state index contributed by atoms with van der Waals surface area (Å²) in [7, 11) is 1.00. The Morgan fingerprint density at radius 1 is 1.33 bits per heavy atom. The van der Waals surface area contributed by atoms with E-state index in [4.69, 9.17) is 17.9 Å². The van der Waals surface area contributed by atoms with Crippen molar-refractivity contribution in [1.29, 1.82) is 0 Å². The van der Waals surface area contributed by atoms with Crippen LogP contribution >= 0.6 is 12.8 Å². The molecule has 0 saturated carbocycles. The van der Waals surface area contributed by atoms with Crippen molar-refractivity contribution in [2.24, 2.45) is 0 Å². The predicted molar refractivity (Wildman–Crippen MR) is 34.1 cm³/mol. The van der Waals surface area contributed by atoms with Crippen LogP contribution in [0.25, 0.3) is 0 Å². The van der Waals surface area contributed by atoms with E-state index in [1.807, 2.05) is 0 Å². The average Bonchev–Trinajstić information content (AvgIpc) is 1.46. The molecule has 34 valence electrons. The molecule has 0 saturated heterocycles. The van der Waals surface area contributed by atoms with E-state index in [9.17, 15) is 0 Å². The molecule has 0 bridgehead atoms. The van der Waals surface area contributed by atoms with Gasteiger partial charge >= 0.3 is 81.4 Å². The summed E-state index contributed by atoms with van der Waals surface area (Å²) < 4.78 is 0. The van der Waals surface area contributed by atoms with Gasteiger partial charge in [0.1, 0.15) is 0 Å². The second kappa shape index (κ2) is 24.4. The van der Waals surface area contributed by atoms with Crippen molar-refractivity contribution in [2.75, 3.05) is 7.11 Å². The zero-order valence-corrected chi connectivity index (χ0v) is 6.63. The third-order valence-electron chi connectivity index (χ3n) is 0. The molecule has 6 heavy (non-hydrogen) atoms. The van der Waals surface area contributed by atoms with Gasteiger partial charge in [-0.2, -0.15) is 0 Å². The molecule has 0 aliphatic heterocycles. The second-order valence-electron chi connectivity index (χ2n) is 0.101. The van der Waals surface area contributed by atoms with Gasteiger partial charge in [0.25, 0.3) is 0 Å². The molecule has 0 rings (SSSR count). The van der Waals surface area contributed by atoms with Crippen LogP contribution in [0.3, 0.4) is 0 Å². The zero-order valence-electron chi connectivity index (χ0n) is 2.91. The molecule has 1 nitrogen and oxygen atoms in total. The normalized spacial score (nSPS) is 2.67. The molecule has 0 aliphatic carbocycles. The fraction of sp³-hybridized carbons (Fsp3) is 1.00. The van der Waals surface area contributed by atoms with Gasteiger partial charge in [-0.3, -0.25) is 0 Å². The fourth-order valence-corrected chi connectivity index (χ4v) is 0. The summed E-state index contributed by atoms with van der Waals surface area (Å²) in [5, 5.41) is 7.00. The van der Waals surface area contributed by atoms with Crippen LogP contribution in [0.1, 0.15) is 0 Å². The number of aliphatic hydroxyl groups is 1. The Kier molecular flexibility index (Phi) is 65.1. The van der Waals surface area contributed by atoms with E-state index in [1.165, 1.54) is 0 Å². The third-order valence-corrected chi connectivity index (χ3v) is 0. The van der Waals surface area contributed by atoms with Gasteiger partial charge in [-0.15, -0.1) is 0 Å². The topological polar surface area (TPSA) is 20.2 Å². The van der Waals surface area contributed by atoms with E-state index < -0.39 is 30.8 Å². The van der Waals surface area contributed by atoms with Crippen molar-refractivity contribution < 1.29 is 5.11 Å². The maximum atomic E-state index is 7.00. The molecule has 0 aromatic carbocycles. The third kappa shape index (κ3) is 27.7. The Bertz CT molecular complexity index is 11.5. The molecule has 0 heterocycles. The molecule has 0 aromatic heterocycles. The number of halogens is 2. The molecule has 0 unspecified atom stereocenters. The quantitative estimate of drug-likeness (QED) is 0.513. The Hall–Kier alpha value is 3.06. The Morgan fingerprint density at radius 3 is 1.33 bits per heavy atom. The van der Waals surface area contributed by atoms with Gasteiger partial charge in [-0.25, -0.2) is 0 Å². The van der Waals surface area contributed by atoms with E-state index in [2.05, 4.69) is 0 Å². The molecule has 0 aliphatic rings. The molecule has 0 atom stereocenters. The number of rotatable bonds is 0. The zero-order chi connectivity index (χ0) is 4.71. The van der Waals surface area contributed by atoms with Crippen LogP contribution in [0.2, 0.25) is 0 Å². The van der Waals surface area contributed by atoms with Crippen molar-refractivity contribution in [3.8, 4) is 0 Å².